The lowest BCUT2D eigenvalue weighted by atomic mass is 9.94. The maximum absolute atomic E-state index is 13.0. The molecular formula is C26H28ClNO6S. The van der Waals surface area contributed by atoms with E-state index in [9.17, 15) is 18.3 Å². The van der Waals surface area contributed by atoms with Crippen molar-refractivity contribution in [2.75, 3.05) is 13.2 Å². The number of aliphatic carboxylic acids is 1. The zero-order valence-electron chi connectivity index (χ0n) is 19.4. The third kappa shape index (κ3) is 7.53. The smallest absolute Gasteiger partial charge is 0.341 e. The first kappa shape index (κ1) is 26.7. The Balaban J connectivity index is 1.62. The molecule has 0 aliphatic rings. The predicted molar refractivity (Wildman–Crippen MR) is 134 cm³/mol. The molecule has 0 amide bonds. The molecule has 3 rings (SSSR count). The molecule has 0 saturated heterocycles. The number of carboxylic acids is 1. The van der Waals surface area contributed by atoms with E-state index in [0.29, 0.717) is 18.0 Å². The van der Waals surface area contributed by atoms with Gasteiger partial charge in [-0.2, -0.15) is 0 Å². The Morgan fingerprint density at radius 1 is 1.03 bits per heavy atom. The fourth-order valence-electron chi connectivity index (χ4n) is 3.56. The summed E-state index contributed by atoms with van der Waals surface area (Å²) in [7, 11) is -3.73. The largest absolute Gasteiger partial charge is 0.482 e. The number of carbonyl (C=O) groups is 1. The normalized spacial score (nSPS) is 12.8. The van der Waals surface area contributed by atoms with E-state index in [1.807, 2.05) is 19.9 Å². The van der Waals surface area contributed by atoms with Gasteiger partial charge in [0.05, 0.1) is 15.9 Å². The first-order valence-electron chi connectivity index (χ1n) is 10.9. The fourth-order valence-corrected chi connectivity index (χ4v) is 5.02. The number of aliphatic hydroxyl groups excluding tert-OH is 1. The third-order valence-corrected chi connectivity index (χ3v) is 7.40. The van der Waals surface area contributed by atoms with Crippen LogP contribution in [0.15, 0.2) is 82.6 Å². The number of hydrogen-bond donors (Lipinski definition) is 3. The number of β-amino-alcohol motifs (C(OH)–C–C–N with tert-alkyl or cyclic N) is 1. The molecule has 0 aromatic heterocycles. The van der Waals surface area contributed by atoms with Crippen LogP contribution in [0.25, 0.3) is 0 Å². The van der Waals surface area contributed by atoms with Crippen molar-refractivity contribution in [1.82, 2.24) is 5.32 Å². The monoisotopic (exact) mass is 517 g/mol. The summed E-state index contributed by atoms with van der Waals surface area (Å²) in [6, 6.07) is 19.4. The van der Waals surface area contributed by atoms with Crippen LogP contribution in [0, 0.1) is 0 Å². The molecule has 0 fully saturated rings. The van der Waals surface area contributed by atoms with Gasteiger partial charge in [0, 0.05) is 17.1 Å². The van der Waals surface area contributed by atoms with Crippen LogP contribution >= 0.6 is 11.6 Å². The van der Waals surface area contributed by atoms with Crippen LogP contribution in [0.2, 0.25) is 5.02 Å². The first-order valence-corrected chi connectivity index (χ1v) is 12.8. The maximum atomic E-state index is 13.0. The minimum atomic E-state index is -3.73. The minimum absolute atomic E-state index is 0.0879. The van der Waals surface area contributed by atoms with E-state index in [1.54, 1.807) is 42.5 Å². The number of aliphatic hydroxyl groups is 1. The van der Waals surface area contributed by atoms with Gasteiger partial charge in [-0.15, -0.1) is 0 Å². The van der Waals surface area contributed by atoms with Gasteiger partial charge in [-0.3, -0.25) is 0 Å². The summed E-state index contributed by atoms with van der Waals surface area (Å²) in [6.07, 6.45) is -0.0908. The van der Waals surface area contributed by atoms with Crippen molar-refractivity contribution >= 4 is 27.4 Å². The molecule has 186 valence electrons. The van der Waals surface area contributed by atoms with Crippen molar-refractivity contribution in [3.63, 3.8) is 0 Å². The van der Waals surface area contributed by atoms with Crippen molar-refractivity contribution in [3.05, 3.63) is 88.9 Å². The highest BCUT2D eigenvalue weighted by atomic mass is 35.5. The molecule has 1 atom stereocenters. The quantitative estimate of drug-likeness (QED) is 0.348. The van der Waals surface area contributed by atoms with Crippen LogP contribution < -0.4 is 10.1 Å². The Bertz CT molecular complexity index is 1260. The number of halogens is 1. The van der Waals surface area contributed by atoms with Crippen molar-refractivity contribution in [1.29, 1.82) is 0 Å². The lowest BCUT2D eigenvalue weighted by Crippen LogP contribution is -2.43. The molecule has 3 N–H and O–H groups in total. The number of benzene rings is 3. The summed E-state index contributed by atoms with van der Waals surface area (Å²) in [5, 5.41) is 23.1. The second kappa shape index (κ2) is 11.2. The van der Waals surface area contributed by atoms with Gasteiger partial charge in [0.2, 0.25) is 9.84 Å². The Hall–Kier alpha value is -2.91. The first-order chi connectivity index (χ1) is 16.5. The Kier molecular flexibility index (Phi) is 8.56. The molecule has 3 aromatic rings. The van der Waals surface area contributed by atoms with E-state index < -0.39 is 28.5 Å². The summed E-state index contributed by atoms with van der Waals surface area (Å²) in [4.78, 5) is 10.8. The number of nitrogens with one attached hydrogen (secondary N) is 1. The molecule has 9 heteroatoms. The van der Waals surface area contributed by atoms with Gasteiger partial charge in [0.1, 0.15) is 5.75 Å². The van der Waals surface area contributed by atoms with E-state index in [4.69, 9.17) is 21.4 Å². The van der Waals surface area contributed by atoms with Crippen LogP contribution in [0.3, 0.4) is 0 Å². The Morgan fingerprint density at radius 2 is 1.63 bits per heavy atom. The van der Waals surface area contributed by atoms with E-state index >= 15 is 0 Å². The van der Waals surface area contributed by atoms with Crippen molar-refractivity contribution in [2.24, 2.45) is 0 Å². The van der Waals surface area contributed by atoms with Crippen LogP contribution in [0.4, 0.5) is 0 Å². The van der Waals surface area contributed by atoms with Crippen molar-refractivity contribution in [3.8, 4) is 5.75 Å². The molecule has 0 radical (unpaired) electrons. The molecular weight excluding hydrogens is 490 g/mol. The lowest BCUT2D eigenvalue weighted by molar-refractivity contribution is -0.139. The SMILES string of the molecule is CC(C)(Cc1ccc(S(=O)(=O)c2ccc(OCC(=O)O)cc2)cc1)NC[C@@H](O)c1cccc(Cl)c1. The molecule has 0 spiro atoms. The second-order valence-corrected chi connectivity index (χ2v) is 11.2. The van der Waals surface area contributed by atoms with Crippen LogP contribution in [-0.4, -0.2) is 43.3 Å². The molecule has 0 unspecified atom stereocenters. The second-order valence-electron chi connectivity index (χ2n) is 8.81. The molecule has 35 heavy (non-hydrogen) atoms. The van der Waals surface area contributed by atoms with Crippen LogP contribution in [-0.2, 0) is 21.1 Å². The number of hydrogen-bond acceptors (Lipinski definition) is 6. The zero-order chi connectivity index (χ0) is 25.6. The van der Waals surface area contributed by atoms with Gasteiger partial charge in [-0.1, -0.05) is 35.9 Å². The Labute approximate surface area is 210 Å². The van der Waals surface area contributed by atoms with Gasteiger partial charge in [0.25, 0.3) is 0 Å². The third-order valence-electron chi connectivity index (χ3n) is 5.38. The number of ether oxygens (including phenoxy) is 1. The average molecular weight is 518 g/mol. The van der Waals surface area contributed by atoms with Gasteiger partial charge in [-0.25, -0.2) is 13.2 Å². The summed E-state index contributed by atoms with van der Waals surface area (Å²) in [5.74, 6) is -0.839. The van der Waals surface area contributed by atoms with E-state index in [1.165, 1.54) is 24.3 Å². The van der Waals surface area contributed by atoms with Crippen molar-refractivity contribution in [2.45, 2.75) is 41.7 Å². The van der Waals surface area contributed by atoms with E-state index in [-0.39, 0.29) is 21.1 Å². The standard InChI is InChI=1S/C26H28ClNO6S/c1-26(2,28-16-24(29)19-4-3-5-20(27)14-19)15-18-6-10-22(11-7-18)35(32,33)23-12-8-21(9-13-23)34-17-25(30)31/h3-14,24,28-29H,15-17H2,1-2H3,(H,30,31)/t24-/m1/s1. The summed E-state index contributed by atoms with van der Waals surface area (Å²) in [5.41, 5.74) is 1.32. The van der Waals surface area contributed by atoms with Gasteiger partial charge in [-0.05, 0) is 79.9 Å². The number of carboxylic acid groups (broad SMARTS) is 1. The van der Waals surface area contributed by atoms with Gasteiger partial charge >= 0.3 is 5.97 Å². The lowest BCUT2D eigenvalue weighted by Gasteiger charge is -2.28. The molecule has 0 bridgehead atoms. The highest BCUT2D eigenvalue weighted by Gasteiger charge is 2.22. The molecule has 0 heterocycles. The molecule has 7 nitrogen and oxygen atoms in total. The van der Waals surface area contributed by atoms with Crippen LogP contribution in [0.1, 0.15) is 31.1 Å². The molecule has 0 aliphatic carbocycles. The molecule has 3 aromatic carbocycles. The predicted octanol–water partition coefficient (Wildman–Crippen LogP) is 4.28. The fraction of sp³-hybridized carbons (Fsp3) is 0.269. The number of sulfone groups is 1. The van der Waals surface area contributed by atoms with E-state index in [2.05, 4.69) is 5.32 Å². The van der Waals surface area contributed by atoms with Gasteiger partial charge in [0.15, 0.2) is 6.61 Å². The minimum Gasteiger partial charge on any atom is -0.482 e. The summed E-state index contributed by atoms with van der Waals surface area (Å²) >= 11 is 6.00. The molecule has 0 saturated carbocycles. The summed E-state index contributed by atoms with van der Waals surface area (Å²) < 4.78 is 31.0. The Morgan fingerprint density at radius 3 is 2.20 bits per heavy atom. The number of rotatable bonds is 11. The van der Waals surface area contributed by atoms with Gasteiger partial charge < -0.3 is 20.3 Å². The highest BCUT2D eigenvalue weighted by Crippen LogP contribution is 2.25. The molecule has 0 aliphatic heterocycles. The van der Waals surface area contributed by atoms with E-state index in [0.717, 1.165) is 11.1 Å². The highest BCUT2D eigenvalue weighted by molar-refractivity contribution is 7.91. The van der Waals surface area contributed by atoms with Crippen LogP contribution in [0.5, 0.6) is 5.75 Å². The topological polar surface area (TPSA) is 113 Å². The average Bonchev–Trinajstić information content (AvgIpc) is 2.81. The summed E-state index contributed by atoms with van der Waals surface area (Å²) in [6.45, 7) is 3.86. The maximum Gasteiger partial charge on any atom is 0.341 e. The zero-order valence-corrected chi connectivity index (χ0v) is 21.0. The van der Waals surface area contributed by atoms with Crippen molar-refractivity contribution < 1.29 is 28.2 Å².